The van der Waals surface area contributed by atoms with Gasteiger partial charge < -0.3 is 4.74 Å². The van der Waals surface area contributed by atoms with Crippen LogP contribution in [0.2, 0.25) is 5.02 Å². The molecule has 0 bridgehead atoms. The van der Waals surface area contributed by atoms with E-state index in [0.29, 0.717) is 16.1 Å². The molecule has 8 heteroatoms. The summed E-state index contributed by atoms with van der Waals surface area (Å²) in [7, 11) is -3.65. The summed E-state index contributed by atoms with van der Waals surface area (Å²) in [6, 6.07) is 12.7. The predicted molar refractivity (Wildman–Crippen MR) is 98.7 cm³/mol. The highest BCUT2D eigenvalue weighted by atomic mass is 35.5. The molecule has 0 aliphatic carbocycles. The third-order valence-corrected chi connectivity index (χ3v) is 5.70. The SMILES string of the molecule is C[C@H](N=C1NS(=O)(=O)c2ccccc21)C(=O)O[C@@H](C)c1ccccc1Cl. The monoisotopic (exact) mass is 392 g/mol. The highest BCUT2D eigenvalue weighted by Crippen LogP contribution is 2.26. The predicted octanol–water partition coefficient (Wildman–Crippen LogP) is 3.07. The van der Waals surface area contributed by atoms with Gasteiger partial charge in [0, 0.05) is 16.1 Å². The third-order valence-electron chi connectivity index (χ3n) is 3.96. The number of sulfonamides is 1. The number of nitrogens with one attached hydrogen (secondary N) is 1. The number of hydrogen-bond donors (Lipinski definition) is 1. The molecule has 2 atom stereocenters. The number of fused-ring (bicyclic) bond motifs is 1. The molecule has 0 amide bonds. The molecule has 0 fully saturated rings. The molecule has 1 aliphatic heterocycles. The molecule has 136 valence electrons. The largest absolute Gasteiger partial charge is 0.456 e. The fourth-order valence-electron chi connectivity index (χ4n) is 2.62. The number of halogens is 1. The first-order valence-electron chi connectivity index (χ1n) is 7.94. The first kappa shape index (κ1) is 18.4. The fourth-order valence-corrected chi connectivity index (χ4v) is 4.15. The van der Waals surface area contributed by atoms with E-state index in [2.05, 4.69) is 9.71 Å². The molecular weight excluding hydrogens is 376 g/mol. The van der Waals surface area contributed by atoms with Crippen LogP contribution >= 0.6 is 11.6 Å². The molecule has 2 aromatic rings. The maximum absolute atomic E-state index is 12.3. The molecule has 6 nitrogen and oxygen atoms in total. The first-order valence-corrected chi connectivity index (χ1v) is 9.80. The Morgan fingerprint density at radius 3 is 2.50 bits per heavy atom. The lowest BCUT2D eigenvalue weighted by molar-refractivity contribution is -0.149. The van der Waals surface area contributed by atoms with E-state index < -0.39 is 28.1 Å². The molecule has 3 rings (SSSR count). The number of aliphatic imine (C=N–C) groups is 1. The van der Waals surface area contributed by atoms with E-state index >= 15 is 0 Å². The van der Waals surface area contributed by atoms with Crippen LogP contribution in [0, 0.1) is 0 Å². The molecule has 1 N–H and O–H groups in total. The van der Waals surface area contributed by atoms with Gasteiger partial charge in [-0.2, -0.15) is 0 Å². The Balaban J connectivity index is 1.78. The summed E-state index contributed by atoms with van der Waals surface area (Å²) in [5.41, 5.74) is 1.13. The van der Waals surface area contributed by atoms with Crippen molar-refractivity contribution in [1.29, 1.82) is 0 Å². The van der Waals surface area contributed by atoms with E-state index in [0.717, 1.165) is 0 Å². The Morgan fingerprint density at radius 2 is 1.77 bits per heavy atom. The molecular formula is C18H17ClN2O4S. The Labute approximate surface area is 156 Å². The Hall–Kier alpha value is -2.38. The number of carbonyl (C=O) groups is 1. The lowest BCUT2D eigenvalue weighted by atomic mass is 10.1. The van der Waals surface area contributed by atoms with Crippen molar-refractivity contribution in [2.75, 3.05) is 0 Å². The van der Waals surface area contributed by atoms with Crippen LogP contribution in [0.3, 0.4) is 0 Å². The van der Waals surface area contributed by atoms with Gasteiger partial charge in [0.05, 0.1) is 4.90 Å². The summed E-state index contributed by atoms with van der Waals surface area (Å²) in [4.78, 5) is 16.7. The van der Waals surface area contributed by atoms with Gasteiger partial charge in [-0.15, -0.1) is 0 Å². The number of rotatable bonds is 4. The minimum absolute atomic E-state index is 0.135. The zero-order valence-electron chi connectivity index (χ0n) is 14.1. The van der Waals surface area contributed by atoms with Crippen LogP contribution < -0.4 is 4.72 Å². The van der Waals surface area contributed by atoms with Gasteiger partial charge in [0.1, 0.15) is 18.0 Å². The Morgan fingerprint density at radius 1 is 1.12 bits per heavy atom. The van der Waals surface area contributed by atoms with E-state index in [1.807, 2.05) is 0 Å². The first-order chi connectivity index (χ1) is 12.3. The van der Waals surface area contributed by atoms with Crippen molar-refractivity contribution in [2.45, 2.75) is 30.9 Å². The zero-order chi connectivity index (χ0) is 18.9. The molecule has 0 spiro atoms. The lowest BCUT2D eigenvalue weighted by Gasteiger charge is -2.16. The van der Waals surface area contributed by atoms with Crippen molar-refractivity contribution < 1.29 is 17.9 Å². The third kappa shape index (κ3) is 3.59. The maximum Gasteiger partial charge on any atom is 0.331 e. The van der Waals surface area contributed by atoms with Crippen molar-refractivity contribution in [3.63, 3.8) is 0 Å². The lowest BCUT2D eigenvalue weighted by Crippen LogP contribution is -2.27. The van der Waals surface area contributed by atoms with Crippen molar-refractivity contribution in [1.82, 2.24) is 4.72 Å². The van der Waals surface area contributed by atoms with Gasteiger partial charge >= 0.3 is 5.97 Å². The highest BCUT2D eigenvalue weighted by Gasteiger charge is 2.31. The van der Waals surface area contributed by atoms with E-state index in [-0.39, 0.29) is 10.7 Å². The summed E-state index contributed by atoms with van der Waals surface area (Å²) in [6.45, 7) is 3.26. The Kier molecular flexibility index (Phi) is 5.02. The van der Waals surface area contributed by atoms with Crippen LogP contribution in [0.25, 0.3) is 0 Å². The van der Waals surface area contributed by atoms with Crippen LogP contribution in [0.4, 0.5) is 0 Å². The van der Waals surface area contributed by atoms with Crippen LogP contribution in [-0.4, -0.2) is 26.3 Å². The minimum atomic E-state index is -3.65. The summed E-state index contributed by atoms with van der Waals surface area (Å²) in [5.74, 6) is -0.441. The second-order valence-electron chi connectivity index (χ2n) is 5.86. The standard InChI is InChI=1S/C18H17ClN2O4S/c1-11(18(22)25-12(2)13-7-3-5-9-15(13)19)20-17-14-8-4-6-10-16(14)26(23,24)21-17/h3-12H,1-2H3,(H,20,21)/t11-,12-/m0/s1. The van der Waals surface area contributed by atoms with Gasteiger partial charge in [-0.1, -0.05) is 41.9 Å². The smallest absolute Gasteiger partial charge is 0.331 e. The van der Waals surface area contributed by atoms with Gasteiger partial charge in [0.25, 0.3) is 10.0 Å². The summed E-state index contributed by atoms with van der Waals surface area (Å²) < 4.78 is 32.0. The number of amidine groups is 1. The molecule has 0 saturated heterocycles. The van der Waals surface area contributed by atoms with Crippen molar-refractivity contribution in [3.8, 4) is 0 Å². The summed E-state index contributed by atoms with van der Waals surface area (Å²) in [5, 5.41) is 0.504. The van der Waals surface area contributed by atoms with Crippen molar-refractivity contribution in [2.24, 2.45) is 4.99 Å². The zero-order valence-corrected chi connectivity index (χ0v) is 15.7. The van der Waals surface area contributed by atoms with Crippen molar-refractivity contribution in [3.05, 3.63) is 64.7 Å². The molecule has 0 radical (unpaired) electrons. The molecule has 0 unspecified atom stereocenters. The maximum atomic E-state index is 12.3. The molecule has 0 aromatic heterocycles. The molecule has 1 aliphatic rings. The quantitative estimate of drug-likeness (QED) is 0.810. The number of esters is 1. The Bertz CT molecular complexity index is 988. The van der Waals surface area contributed by atoms with Crippen LogP contribution in [0.5, 0.6) is 0 Å². The van der Waals surface area contributed by atoms with Crippen LogP contribution in [0.1, 0.15) is 31.1 Å². The highest BCUT2D eigenvalue weighted by molar-refractivity contribution is 7.90. The minimum Gasteiger partial charge on any atom is -0.456 e. The second-order valence-corrected chi connectivity index (χ2v) is 7.91. The van der Waals surface area contributed by atoms with E-state index in [1.54, 1.807) is 56.3 Å². The molecule has 2 aromatic carbocycles. The molecule has 26 heavy (non-hydrogen) atoms. The van der Waals surface area contributed by atoms with Gasteiger partial charge in [0.15, 0.2) is 0 Å². The second kappa shape index (κ2) is 7.09. The van der Waals surface area contributed by atoms with E-state index in [4.69, 9.17) is 16.3 Å². The van der Waals surface area contributed by atoms with Gasteiger partial charge in [-0.05, 0) is 32.0 Å². The van der Waals surface area contributed by atoms with Crippen LogP contribution in [0.15, 0.2) is 58.4 Å². The molecule has 0 saturated carbocycles. The van der Waals surface area contributed by atoms with E-state index in [9.17, 15) is 13.2 Å². The van der Waals surface area contributed by atoms with Crippen molar-refractivity contribution >= 4 is 33.4 Å². The van der Waals surface area contributed by atoms with Gasteiger partial charge in [-0.3, -0.25) is 9.71 Å². The number of ether oxygens (including phenoxy) is 1. The average Bonchev–Trinajstić information content (AvgIpc) is 2.86. The molecule has 1 heterocycles. The topological polar surface area (TPSA) is 84.8 Å². The number of benzene rings is 2. The summed E-state index contributed by atoms with van der Waals surface area (Å²) >= 11 is 6.11. The number of carbonyl (C=O) groups excluding carboxylic acids is 1. The average molecular weight is 393 g/mol. The van der Waals surface area contributed by atoms with Crippen LogP contribution in [-0.2, 0) is 19.6 Å². The van der Waals surface area contributed by atoms with Gasteiger partial charge in [-0.25, -0.2) is 13.2 Å². The summed E-state index contributed by atoms with van der Waals surface area (Å²) in [6.07, 6.45) is -0.550. The normalized spacial score (nSPS) is 18.7. The fraction of sp³-hybridized carbons (Fsp3) is 0.222. The van der Waals surface area contributed by atoms with Gasteiger partial charge in [0.2, 0.25) is 0 Å². The number of nitrogens with zero attached hydrogens (tertiary/aromatic N) is 1. The number of hydrogen-bond acceptors (Lipinski definition) is 5. The van der Waals surface area contributed by atoms with E-state index in [1.165, 1.54) is 6.07 Å².